The topological polar surface area (TPSA) is 32.7 Å². The Hall–Kier alpha value is -0.900. The summed E-state index contributed by atoms with van der Waals surface area (Å²) in [7, 11) is 0. The molecule has 17 heavy (non-hydrogen) atoms. The minimum absolute atomic E-state index is 0.347. The van der Waals surface area contributed by atoms with Gasteiger partial charge in [-0.2, -0.15) is 0 Å². The van der Waals surface area contributed by atoms with Gasteiger partial charge in [-0.3, -0.25) is 0 Å². The van der Waals surface area contributed by atoms with Crippen molar-refractivity contribution in [2.75, 3.05) is 32.8 Å². The van der Waals surface area contributed by atoms with Crippen LogP contribution in [-0.2, 0) is 4.74 Å². The van der Waals surface area contributed by atoms with E-state index in [0.29, 0.717) is 0 Å². The largest absolute Gasteiger partial charge is 0.388 e. The summed E-state index contributed by atoms with van der Waals surface area (Å²) in [5.74, 6) is 0. The van der Waals surface area contributed by atoms with Crippen LogP contribution in [-0.4, -0.2) is 42.9 Å². The van der Waals surface area contributed by atoms with Gasteiger partial charge in [-0.25, -0.2) is 0 Å². The van der Waals surface area contributed by atoms with E-state index in [-0.39, 0.29) is 6.10 Å². The van der Waals surface area contributed by atoms with Gasteiger partial charge < -0.3 is 14.7 Å². The Morgan fingerprint density at radius 3 is 2.82 bits per heavy atom. The van der Waals surface area contributed by atoms with Crippen molar-refractivity contribution < 1.29 is 9.84 Å². The minimum Gasteiger partial charge on any atom is -0.388 e. The first-order valence-corrected chi connectivity index (χ1v) is 6.39. The van der Waals surface area contributed by atoms with E-state index in [1.54, 1.807) is 0 Å². The van der Waals surface area contributed by atoms with Gasteiger partial charge in [0, 0.05) is 26.2 Å². The summed E-state index contributed by atoms with van der Waals surface area (Å²) in [5, 5.41) is 10.1. The average Bonchev–Trinajstić information content (AvgIpc) is 2.65. The maximum Gasteiger partial charge on any atom is 0.0802 e. The molecule has 1 N–H and O–H groups in total. The van der Waals surface area contributed by atoms with E-state index in [1.807, 2.05) is 30.3 Å². The molecule has 0 aliphatic carbocycles. The third kappa shape index (κ3) is 4.11. The fraction of sp³-hybridized carbons (Fsp3) is 0.571. The predicted molar refractivity (Wildman–Crippen MR) is 67.9 cm³/mol. The van der Waals surface area contributed by atoms with Crippen molar-refractivity contribution in [2.45, 2.75) is 18.9 Å². The maximum atomic E-state index is 10.1. The Bertz CT molecular complexity index is 307. The molecule has 1 heterocycles. The third-order valence-electron chi connectivity index (χ3n) is 3.22. The molecular formula is C14H21NO2. The highest BCUT2D eigenvalue weighted by atomic mass is 16.5. The third-order valence-corrected chi connectivity index (χ3v) is 3.22. The van der Waals surface area contributed by atoms with Crippen molar-refractivity contribution in [1.82, 2.24) is 4.90 Å². The lowest BCUT2D eigenvalue weighted by Gasteiger charge is -2.20. The number of aliphatic hydroxyl groups is 1. The van der Waals surface area contributed by atoms with E-state index in [2.05, 4.69) is 4.90 Å². The molecular weight excluding hydrogens is 214 g/mol. The summed E-state index contributed by atoms with van der Waals surface area (Å²) in [6.45, 7) is 4.71. The molecule has 0 radical (unpaired) electrons. The Morgan fingerprint density at radius 1 is 1.18 bits per heavy atom. The van der Waals surface area contributed by atoms with Crippen LogP contribution in [0.25, 0.3) is 0 Å². The van der Waals surface area contributed by atoms with Crippen LogP contribution in [0.4, 0.5) is 0 Å². The molecule has 1 aromatic rings. The molecule has 1 aliphatic rings. The van der Waals surface area contributed by atoms with Gasteiger partial charge >= 0.3 is 0 Å². The van der Waals surface area contributed by atoms with Crippen LogP contribution >= 0.6 is 0 Å². The lowest BCUT2D eigenvalue weighted by molar-refractivity contribution is 0.126. The van der Waals surface area contributed by atoms with Crippen LogP contribution < -0.4 is 0 Å². The fourth-order valence-corrected chi connectivity index (χ4v) is 2.17. The Balaban J connectivity index is 1.77. The summed E-state index contributed by atoms with van der Waals surface area (Å²) in [6, 6.07) is 9.88. The number of nitrogens with zero attached hydrogens (tertiary/aromatic N) is 1. The van der Waals surface area contributed by atoms with Crippen molar-refractivity contribution in [3.63, 3.8) is 0 Å². The highest BCUT2D eigenvalue weighted by Crippen LogP contribution is 2.16. The van der Waals surface area contributed by atoms with Gasteiger partial charge in [0.2, 0.25) is 0 Å². The van der Waals surface area contributed by atoms with Gasteiger partial charge in [-0.05, 0) is 18.4 Å². The molecule has 0 bridgehead atoms. The molecule has 1 atom stereocenters. The van der Waals surface area contributed by atoms with Crippen LogP contribution in [0.1, 0.15) is 24.5 Å². The first-order chi connectivity index (χ1) is 8.36. The van der Waals surface area contributed by atoms with E-state index < -0.39 is 0 Å². The number of ether oxygens (including phenoxy) is 1. The van der Waals surface area contributed by atoms with Gasteiger partial charge in [0.1, 0.15) is 0 Å². The normalized spacial score (nSPS) is 19.8. The van der Waals surface area contributed by atoms with E-state index in [4.69, 9.17) is 4.74 Å². The predicted octanol–water partition coefficient (Wildman–Crippen LogP) is 1.83. The standard InChI is InChI=1S/C14H21NO2/c16-14(13-5-2-1-3-6-13)7-9-15-8-4-11-17-12-10-15/h1-3,5-6,14,16H,4,7-12H2. The lowest BCUT2D eigenvalue weighted by atomic mass is 10.1. The van der Waals surface area contributed by atoms with Crippen LogP contribution in [0.2, 0.25) is 0 Å². The average molecular weight is 235 g/mol. The molecule has 1 aliphatic heterocycles. The zero-order valence-electron chi connectivity index (χ0n) is 10.2. The van der Waals surface area contributed by atoms with Gasteiger partial charge in [-0.1, -0.05) is 30.3 Å². The molecule has 1 unspecified atom stereocenters. The number of benzene rings is 1. The maximum absolute atomic E-state index is 10.1. The van der Waals surface area contributed by atoms with E-state index in [1.165, 1.54) is 0 Å². The number of rotatable bonds is 4. The number of aliphatic hydroxyl groups excluding tert-OH is 1. The molecule has 3 nitrogen and oxygen atoms in total. The highest BCUT2D eigenvalue weighted by Gasteiger charge is 2.12. The number of hydrogen-bond acceptors (Lipinski definition) is 3. The van der Waals surface area contributed by atoms with Crippen molar-refractivity contribution in [3.05, 3.63) is 35.9 Å². The first-order valence-electron chi connectivity index (χ1n) is 6.39. The monoisotopic (exact) mass is 235 g/mol. The Kier molecular flexibility index (Phi) is 4.98. The summed E-state index contributed by atoms with van der Waals surface area (Å²) < 4.78 is 5.41. The van der Waals surface area contributed by atoms with Crippen molar-refractivity contribution in [1.29, 1.82) is 0 Å². The lowest BCUT2D eigenvalue weighted by Crippen LogP contribution is -2.28. The van der Waals surface area contributed by atoms with Crippen molar-refractivity contribution >= 4 is 0 Å². The van der Waals surface area contributed by atoms with Gasteiger partial charge in [0.25, 0.3) is 0 Å². The molecule has 0 amide bonds. The van der Waals surface area contributed by atoms with Crippen LogP contribution in [0, 0.1) is 0 Å². The molecule has 94 valence electrons. The summed E-state index contributed by atoms with van der Waals surface area (Å²) >= 11 is 0. The minimum atomic E-state index is -0.347. The molecule has 2 rings (SSSR count). The van der Waals surface area contributed by atoms with E-state index >= 15 is 0 Å². The summed E-state index contributed by atoms with van der Waals surface area (Å²) in [6.07, 6.45) is 1.55. The smallest absolute Gasteiger partial charge is 0.0802 e. The van der Waals surface area contributed by atoms with Crippen molar-refractivity contribution in [2.24, 2.45) is 0 Å². The Labute approximate surface area is 103 Å². The molecule has 0 saturated carbocycles. The molecule has 1 saturated heterocycles. The molecule has 1 fully saturated rings. The van der Waals surface area contributed by atoms with Crippen LogP contribution in [0.3, 0.4) is 0 Å². The first kappa shape index (κ1) is 12.6. The fourth-order valence-electron chi connectivity index (χ4n) is 2.17. The summed E-state index contributed by atoms with van der Waals surface area (Å²) in [4.78, 5) is 2.37. The van der Waals surface area contributed by atoms with Crippen LogP contribution in [0.5, 0.6) is 0 Å². The molecule has 1 aromatic carbocycles. The zero-order chi connectivity index (χ0) is 11.9. The van der Waals surface area contributed by atoms with Gasteiger partial charge in [0.05, 0.1) is 12.7 Å². The molecule has 3 heteroatoms. The quantitative estimate of drug-likeness (QED) is 0.864. The second-order valence-electron chi connectivity index (χ2n) is 4.52. The second kappa shape index (κ2) is 6.74. The Morgan fingerprint density at radius 2 is 2.00 bits per heavy atom. The molecule has 0 spiro atoms. The summed E-state index contributed by atoms with van der Waals surface area (Å²) in [5.41, 5.74) is 1.01. The molecule has 0 aromatic heterocycles. The SMILES string of the molecule is OC(CCN1CCCOCC1)c1ccccc1. The number of hydrogen-bond donors (Lipinski definition) is 1. The zero-order valence-corrected chi connectivity index (χ0v) is 10.2. The second-order valence-corrected chi connectivity index (χ2v) is 4.52. The van der Waals surface area contributed by atoms with Gasteiger partial charge in [0.15, 0.2) is 0 Å². The van der Waals surface area contributed by atoms with Crippen LogP contribution in [0.15, 0.2) is 30.3 Å². The highest BCUT2D eigenvalue weighted by molar-refractivity contribution is 5.17. The van der Waals surface area contributed by atoms with E-state index in [0.717, 1.165) is 51.3 Å². The van der Waals surface area contributed by atoms with Gasteiger partial charge in [-0.15, -0.1) is 0 Å². The van der Waals surface area contributed by atoms with Crippen molar-refractivity contribution in [3.8, 4) is 0 Å². The van der Waals surface area contributed by atoms with E-state index in [9.17, 15) is 5.11 Å².